The molecule has 1 aromatic carbocycles. The predicted octanol–water partition coefficient (Wildman–Crippen LogP) is 4.15. The molecule has 0 aromatic heterocycles. The molecule has 2 saturated heterocycles. The van der Waals surface area contributed by atoms with E-state index >= 15 is 0 Å². The molecule has 1 aromatic rings. The third-order valence-corrected chi connectivity index (χ3v) is 5.77. The van der Waals surface area contributed by atoms with E-state index in [1.54, 1.807) is 11.0 Å². The minimum Gasteiger partial charge on any atom is -0.342 e. The second-order valence-electron chi connectivity index (χ2n) is 7.68. The van der Waals surface area contributed by atoms with Crippen LogP contribution in [0.2, 0.25) is 5.02 Å². The quantitative estimate of drug-likeness (QED) is 0.841. The van der Waals surface area contributed by atoms with Gasteiger partial charge in [-0.15, -0.1) is 0 Å². The molecule has 2 aliphatic heterocycles. The van der Waals surface area contributed by atoms with Gasteiger partial charge in [0, 0.05) is 42.8 Å². The zero-order valence-corrected chi connectivity index (χ0v) is 16.4. The van der Waals surface area contributed by atoms with Crippen LogP contribution in [0.5, 0.6) is 0 Å². The second kappa shape index (κ2) is 8.30. The van der Waals surface area contributed by atoms with Gasteiger partial charge < -0.3 is 15.1 Å². The number of halogens is 1. The van der Waals surface area contributed by atoms with Crippen LogP contribution in [0.25, 0.3) is 0 Å². The van der Waals surface area contributed by atoms with Crippen molar-refractivity contribution < 1.29 is 9.59 Å². The predicted molar refractivity (Wildman–Crippen MR) is 104 cm³/mol. The van der Waals surface area contributed by atoms with Gasteiger partial charge >= 0.3 is 6.03 Å². The Balaban J connectivity index is 1.51. The molecular weight excluding hydrogens is 350 g/mol. The summed E-state index contributed by atoms with van der Waals surface area (Å²) in [6.07, 6.45) is 3.81. The first-order valence-corrected chi connectivity index (χ1v) is 9.92. The number of carbonyl (C=O) groups excluding carboxylic acids is 2. The molecule has 0 aliphatic carbocycles. The monoisotopic (exact) mass is 377 g/mol. The van der Waals surface area contributed by atoms with Crippen LogP contribution in [0.4, 0.5) is 10.5 Å². The Labute approximate surface area is 160 Å². The molecule has 1 N–H and O–H groups in total. The highest BCUT2D eigenvalue weighted by Crippen LogP contribution is 2.25. The molecule has 2 heterocycles. The van der Waals surface area contributed by atoms with Crippen molar-refractivity contribution in [2.75, 3.05) is 31.5 Å². The normalized spacial score (nSPS) is 21.6. The maximum atomic E-state index is 12.7. The van der Waals surface area contributed by atoms with E-state index in [1.165, 1.54) is 6.42 Å². The fraction of sp³-hybridized carbons (Fsp3) is 0.600. The smallest absolute Gasteiger partial charge is 0.321 e. The standard InChI is InChI=1S/C20H28ClN3O2/c1-14-4-3-9-24(13-14)19(25)16-7-10-23(11-8-16)20(26)22-18-6-5-17(21)12-15(18)2/h5-6,12,14,16H,3-4,7-11,13H2,1-2H3,(H,22,26). The summed E-state index contributed by atoms with van der Waals surface area (Å²) in [5.74, 6) is 0.938. The van der Waals surface area contributed by atoms with Crippen molar-refractivity contribution in [3.63, 3.8) is 0 Å². The maximum absolute atomic E-state index is 12.7. The van der Waals surface area contributed by atoms with Crippen molar-refractivity contribution in [2.45, 2.75) is 39.5 Å². The lowest BCUT2D eigenvalue weighted by Gasteiger charge is -2.37. The minimum atomic E-state index is -0.104. The Morgan fingerprint density at radius 1 is 1.12 bits per heavy atom. The third-order valence-electron chi connectivity index (χ3n) is 5.53. The number of aryl methyl sites for hydroxylation is 1. The van der Waals surface area contributed by atoms with Crippen LogP contribution in [0.1, 0.15) is 38.2 Å². The summed E-state index contributed by atoms with van der Waals surface area (Å²) in [6, 6.07) is 5.33. The fourth-order valence-corrected chi connectivity index (χ4v) is 4.17. The van der Waals surface area contributed by atoms with Crippen LogP contribution in [-0.4, -0.2) is 47.9 Å². The molecule has 3 rings (SSSR count). The number of likely N-dealkylation sites (tertiary alicyclic amines) is 2. The number of rotatable bonds is 2. The van der Waals surface area contributed by atoms with Crippen LogP contribution in [-0.2, 0) is 4.79 Å². The van der Waals surface area contributed by atoms with Crippen molar-refractivity contribution in [1.82, 2.24) is 9.80 Å². The van der Waals surface area contributed by atoms with E-state index < -0.39 is 0 Å². The highest BCUT2D eigenvalue weighted by atomic mass is 35.5. The first-order chi connectivity index (χ1) is 12.4. The molecule has 26 heavy (non-hydrogen) atoms. The van der Waals surface area contributed by atoms with Gasteiger partial charge in [-0.05, 0) is 62.3 Å². The zero-order chi connectivity index (χ0) is 18.7. The van der Waals surface area contributed by atoms with Crippen molar-refractivity contribution in [3.05, 3.63) is 28.8 Å². The van der Waals surface area contributed by atoms with E-state index in [0.29, 0.717) is 24.0 Å². The lowest BCUT2D eigenvalue weighted by atomic mass is 9.93. The molecule has 3 amide bonds. The van der Waals surface area contributed by atoms with Gasteiger partial charge in [0.15, 0.2) is 0 Å². The molecule has 6 heteroatoms. The van der Waals surface area contributed by atoms with Crippen LogP contribution in [0, 0.1) is 18.8 Å². The fourth-order valence-electron chi connectivity index (χ4n) is 3.94. The Kier molecular flexibility index (Phi) is 6.07. The first-order valence-electron chi connectivity index (χ1n) is 9.55. The van der Waals surface area contributed by atoms with E-state index in [4.69, 9.17) is 11.6 Å². The molecule has 1 unspecified atom stereocenters. The summed E-state index contributed by atoms with van der Waals surface area (Å²) < 4.78 is 0. The van der Waals surface area contributed by atoms with Crippen LogP contribution < -0.4 is 5.32 Å². The number of piperidine rings is 2. The van der Waals surface area contributed by atoms with Gasteiger partial charge in [-0.2, -0.15) is 0 Å². The number of nitrogens with one attached hydrogen (secondary N) is 1. The topological polar surface area (TPSA) is 52.7 Å². The van der Waals surface area contributed by atoms with E-state index in [9.17, 15) is 9.59 Å². The number of carbonyl (C=O) groups is 2. The highest BCUT2D eigenvalue weighted by molar-refractivity contribution is 6.30. The van der Waals surface area contributed by atoms with Crippen molar-refractivity contribution >= 4 is 29.2 Å². The van der Waals surface area contributed by atoms with E-state index in [-0.39, 0.29) is 17.9 Å². The number of nitrogens with zero attached hydrogens (tertiary/aromatic N) is 2. The van der Waals surface area contributed by atoms with Crippen molar-refractivity contribution in [3.8, 4) is 0 Å². The molecule has 0 bridgehead atoms. The van der Waals surface area contributed by atoms with Gasteiger partial charge in [-0.25, -0.2) is 4.79 Å². The highest BCUT2D eigenvalue weighted by Gasteiger charge is 2.31. The van der Waals surface area contributed by atoms with Crippen molar-refractivity contribution in [1.29, 1.82) is 0 Å². The van der Waals surface area contributed by atoms with E-state index in [1.807, 2.05) is 24.0 Å². The van der Waals surface area contributed by atoms with E-state index in [2.05, 4.69) is 12.2 Å². The Hall–Kier alpha value is -1.75. The summed E-state index contributed by atoms with van der Waals surface area (Å²) in [5, 5.41) is 3.61. The van der Waals surface area contributed by atoms with Gasteiger partial charge in [0.05, 0.1) is 0 Å². The molecule has 0 saturated carbocycles. The van der Waals surface area contributed by atoms with Gasteiger partial charge in [-0.1, -0.05) is 18.5 Å². The SMILES string of the molecule is Cc1cc(Cl)ccc1NC(=O)N1CCC(C(=O)N2CCCC(C)C2)CC1. The van der Waals surface area contributed by atoms with Crippen LogP contribution in [0.3, 0.4) is 0 Å². The summed E-state index contributed by atoms with van der Waals surface area (Å²) in [6.45, 7) is 7.16. The third kappa shape index (κ3) is 4.50. The summed E-state index contributed by atoms with van der Waals surface area (Å²) in [5.41, 5.74) is 1.72. The number of amides is 3. The van der Waals surface area contributed by atoms with Crippen LogP contribution in [0.15, 0.2) is 18.2 Å². The van der Waals surface area contributed by atoms with Gasteiger partial charge in [0.2, 0.25) is 5.91 Å². The van der Waals surface area contributed by atoms with E-state index in [0.717, 1.165) is 43.6 Å². The zero-order valence-electron chi connectivity index (χ0n) is 15.6. The molecule has 2 fully saturated rings. The largest absolute Gasteiger partial charge is 0.342 e. The lowest BCUT2D eigenvalue weighted by Crippen LogP contribution is -2.47. The Bertz CT molecular complexity index is 671. The second-order valence-corrected chi connectivity index (χ2v) is 8.12. The van der Waals surface area contributed by atoms with Gasteiger partial charge in [0.1, 0.15) is 0 Å². The lowest BCUT2D eigenvalue weighted by molar-refractivity contribution is -0.138. The average Bonchev–Trinajstić information content (AvgIpc) is 2.63. The molecule has 5 nitrogen and oxygen atoms in total. The van der Waals surface area contributed by atoms with Gasteiger partial charge in [-0.3, -0.25) is 4.79 Å². The first kappa shape index (κ1) is 19.0. The van der Waals surface area contributed by atoms with Crippen LogP contribution >= 0.6 is 11.6 Å². The summed E-state index contributed by atoms with van der Waals surface area (Å²) >= 11 is 5.96. The molecule has 0 spiro atoms. The number of urea groups is 1. The summed E-state index contributed by atoms with van der Waals surface area (Å²) in [4.78, 5) is 29.1. The molecule has 142 valence electrons. The number of hydrogen-bond donors (Lipinski definition) is 1. The number of anilines is 1. The number of hydrogen-bond acceptors (Lipinski definition) is 2. The Morgan fingerprint density at radius 3 is 2.50 bits per heavy atom. The Morgan fingerprint density at radius 2 is 1.85 bits per heavy atom. The van der Waals surface area contributed by atoms with Crippen molar-refractivity contribution in [2.24, 2.45) is 11.8 Å². The summed E-state index contributed by atoms with van der Waals surface area (Å²) in [7, 11) is 0. The molecule has 2 aliphatic rings. The minimum absolute atomic E-state index is 0.0571. The average molecular weight is 378 g/mol. The maximum Gasteiger partial charge on any atom is 0.321 e. The van der Waals surface area contributed by atoms with Gasteiger partial charge in [0.25, 0.3) is 0 Å². The molecular formula is C20H28ClN3O2. The molecule has 0 radical (unpaired) electrons. The molecule has 1 atom stereocenters. The number of benzene rings is 1.